The first-order valence-corrected chi connectivity index (χ1v) is 8.64. The van der Waals surface area contributed by atoms with E-state index in [0.29, 0.717) is 22.7 Å². The van der Waals surface area contributed by atoms with Crippen LogP contribution in [0.4, 0.5) is 5.69 Å². The number of esters is 2. The summed E-state index contributed by atoms with van der Waals surface area (Å²) in [5.74, 6) is -1.01. The van der Waals surface area contributed by atoms with Gasteiger partial charge in [0.05, 0.1) is 36.7 Å². The minimum Gasteiger partial charge on any atom is -0.465 e. The third kappa shape index (κ3) is 3.46. The van der Waals surface area contributed by atoms with Crippen molar-refractivity contribution in [1.29, 1.82) is 0 Å². The lowest BCUT2D eigenvalue weighted by Crippen LogP contribution is -2.24. The molecule has 0 saturated heterocycles. The minimum absolute atomic E-state index is 0.165. The Morgan fingerprint density at radius 2 is 1.86 bits per heavy atom. The lowest BCUT2D eigenvalue weighted by molar-refractivity contribution is -0.136. The highest BCUT2D eigenvalue weighted by Crippen LogP contribution is 2.35. The molecule has 28 heavy (non-hydrogen) atoms. The number of methoxy groups -OCH3 is 1. The maximum atomic E-state index is 13.1. The van der Waals surface area contributed by atoms with Crippen LogP contribution >= 0.6 is 0 Å². The number of ether oxygens (including phenoxy) is 2. The van der Waals surface area contributed by atoms with Crippen molar-refractivity contribution in [1.82, 2.24) is 0 Å². The summed E-state index contributed by atoms with van der Waals surface area (Å²) < 4.78 is 15.1. The smallest absolute Gasteiger partial charge is 0.340 e. The SMILES string of the molecule is CCOC(=O)c1ccc(N2C(=O)C(=Cc3ccco3)C(C(=O)OC)=C2C)cc1. The second-order valence-electron chi connectivity index (χ2n) is 5.93. The van der Waals surface area contributed by atoms with Crippen molar-refractivity contribution in [3.05, 3.63) is 70.8 Å². The quantitative estimate of drug-likeness (QED) is 0.583. The van der Waals surface area contributed by atoms with Gasteiger partial charge in [-0.15, -0.1) is 0 Å². The van der Waals surface area contributed by atoms with E-state index in [1.54, 1.807) is 50.2 Å². The number of furan rings is 1. The Balaban J connectivity index is 2.02. The van der Waals surface area contributed by atoms with Gasteiger partial charge in [0.15, 0.2) is 0 Å². The number of amides is 1. The molecule has 0 atom stereocenters. The molecule has 0 fully saturated rings. The van der Waals surface area contributed by atoms with Gasteiger partial charge in [-0.3, -0.25) is 9.69 Å². The summed E-state index contributed by atoms with van der Waals surface area (Å²) in [4.78, 5) is 38.6. The predicted octanol–water partition coefficient (Wildman–Crippen LogP) is 3.33. The topological polar surface area (TPSA) is 86.0 Å². The largest absolute Gasteiger partial charge is 0.465 e. The van der Waals surface area contributed by atoms with Gasteiger partial charge in [0.25, 0.3) is 5.91 Å². The van der Waals surface area contributed by atoms with Gasteiger partial charge in [-0.05, 0) is 56.3 Å². The average Bonchev–Trinajstić information content (AvgIpc) is 3.29. The van der Waals surface area contributed by atoms with Gasteiger partial charge in [-0.25, -0.2) is 9.59 Å². The van der Waals surface area contributed by atoms with Gasteiger partial charge in [-0.2, -0.15) is 0 Å². The zero-order valence-corrected chi connectivity index (χ0v) is 15.7. The molecule has 7 nitrogen and oxygen atoms in total. The molecule has 3 rings (SSSR count). The van der Waals surface area contributed by atoms with Crippen molar-refractivity contribution < 1.29 is 28.3 Å². The van der Waals surface area contributed by atoms with Crippen LogP contribution < -0.4 is 4.90 Å². The second kappa shape index (κ2) is 7.96. The fourth-order valence-corrected chi connectivity index (χ4v) is 2.97. The van der Waals surface area contributed by atoms with Gasteiger partial charge in [0.1, 0.15) is 5.76 Å². The van der Waals surface area contributed by atoms with Crippen molar-refractivity contribution in [2.75, 3.05) is 18.6 Å². The zero-order chi connectivity index (χ0) is 20.3. The molecular formula is C21H19NO6. The van der Waals surface area contributed by atoms with Crippen LogP contribution in [0.15, 0.2) is 63.9 Å². The molecule has 0 bridgehead atoms. The molecule has 2 aromatic rings. The lowest BCUT2D eigenvalue weighted by atomic mass is 10.1. The van der Waals surface area contributed by atoms with Gasteiger partial charge < -0.3 is 13.9 Å². The first kappa shape index (κ1) is 19.2. The molecule has 1 aliphatic rings. The Hall–Kier alpha value is -3.61. The number of hydrogen-bond donors (Lipinski definition) is 0. The van der Waals surface area contributed by atoms with E-state index in [-0.39, 0.29) is 17.8 Å². The molecule has 1 amide bonds. The average molecular weight is 381 g/mol. The molecule has 1 aromatic heterocycles. The predicted molar refractivity (Wildman–Crippen MR) is 101 cm³/mol. The number of allylic oxidation sites excluding steroid dienone is 1. The van der Waals surface area contributed by atoms with E-state index < -0.39 is 17.8 Å². The van der Waals surface area contributed by atoms with Crippen LogP contribution in [0.1, 0.15) is 30.0 Å². The summed E-state index contributed by atoms with van der Waals surface area (Å²) in [5, 5.41) is 0. The van der Waals surface area contributed by atoms with E-state index in [0.717, 1.165) is 0 Å². The number of rotatable bonds is 5. The van der Waals surface area contributed by atoms with E-state index in [4.69, 9.17) is 13.9 Å². The Labute approximate surface area is 161 Å². The van der Waals surface area contributed by atoms with Crippen LogP contribution in [0, 0.1) is 0 Å². The molecule has 0 radical (unpaired) electrons. The van der Waals surface area contributed by atoms with E-state index in [9.17, 15) is 14.4 Å². The van der Waals surface area contributed by atoms with Gasteiger partial charge in [0, 0.05) is 11.4 Å². The summed E-state index contributed by atoms with van der Waals surface area (Å²) in [6.07, 6.45) is 2.98. The Morgan fingerprint density at radius 3 is 2.43 bits per heavy atom. The maximum absolute atomic E-state index is 13.1. The molecule has 0 spiro atoms. The van der Waals surface area contributed by atoms with Gasteiger partial charge in [-0.1, -0.05) is 0 Å². The summed E-state index contributed by atoms with van der Waals surface area (Å²) in [6.45, 7) is 3.66. The van der Waals surface area contributed by atoms with Crippen molar-refractivity contribution in [3.8, 4) is 0 Å². The normalized spacial score (nSPS) is 15.3. The summed E-state index contributed by atoms with van der Waals surface area (Å²) >= 11 is 0. The molecule has 7 heteroatoms. The standard InChI is InChI=1S/C21H19NO6/c1-4-27-20(24)14-7-9-15(10-8-14)22-13(2)18(21(25)26-3)17(19(22)23)12-16-6-5-11-28-16/h5-12H,4H2,1-3H3. The third-order valence-corrected chi connectivity index (χ3v) is 4.26. The lowest BCUT2D eigenvalue weighted by Gasteiger charge is -2.18. The van der Waals surface area contributed by atoms with E-state index in [1.165, 1.54) is 24.3 Å². The van der Waals surface area contributed by atoms with Crippen molar-refractivity contribution in [2.24, 2.45) is 0 Å². The van der Waals surface area contributed by atoms with Gasteiger partial charge >= 0.3 is 11.9 Å². The van der Waals surface area contributed by atoms with Crippen LogP contribution in [0.5, 0.6) is 0 Å². The third-order valence-electron chi connectivity index (χ3n) is 4.26. The molecule has 0 aliphatic carbocycles. The fourth-order valence-electron chi connectivity index (χ4n) is 2.97. The second-order valence-corrected chi connectivity index (χ2v) is 5.93. The van der Waals surface area contributed by atoms with E-state index in [1.807, 2.05) is 0 Å². The van der Waals surface area contributed by atoms with Crippen LogP contribution in [0.3, 0.4) is 0 Å². The van der Waals surface area contributed by atoms with Gasteiger partial charge in [0.2, 0.25) is 0 Å². The monoisotopic (exact) mass is 381 g/mol. The molecule has 144 valence electrons. The van der Waals surface area contributed by atoms with Crippen LogP contribution in [0.2, 0.25) is 0 Å². The molecular weight excluding hydrogens is 362 g/mol. The highest BCUT2D eigenvalue weighted by atomic mass is 16.5. The molecule has 2 heterocycles. The van der Waals surface area contributed by atoms with Crippen LogP contribution in [-0.2, 0) is 19.1 Å². The zero-order valence-electron chi connectivity index (χ0n) is 15.7. The molecule has 1 aliphatic heterocycles. The number of hydrogen-bond acceptors (Lipinski definition) is 6. The van der Waals surface area contributed by atoms with Crippen LogP contribution in [-0.4, -0.2) is 31.6 Å². The Kier molecular flexibility index (Phi) is 5.44. The number of anilines is 1. The van der Waals surface area contributed by atoms with Crippen molar-refractivity contribution in [2.45, 2.75) is 13.8 Å². The fraction of sp³-hybridized carbons (Fsp3) is 0.190. The van der Waals surface area contributed by atoms with Crippen LogP contribution in [0.25, 0.3) is 6.08 Å². The summed E-state index contributed by atoms with van der Waals surface area (Å²) in [7, 11) is 1.26. The molecule has 0 saturated carbocycles. The molecule has 0 unspecified atom stereocenters. The number of carbonyl (C=O) groups excluding carboxylic acids is 3. The van der Waals surface area contributed by atoms with Crippen molar-refractivity contribution >= 4 is 29.6 Å². The number of carbonyl (C=O) groups is 3. The van der Waals surface area contributed by atoms with E-state index >= 15 is 0 Å². The first-order chi connectivity index (χ1) is 13.5. The van der Waals surface area contributed by atoms with E-state index in [2.05, 4.69) is 0 Å². The number of nitrogens with zero attached hydrogens (tertiary/aromatic N) is 1. The summed E-state index contributed by atoms with van der Waals surface area (Å²) in [6, 6.07) is 9.75. The molecule has 1 aromatic carbocycles. The van der Waals surface area contributed by atoms with Crippen molar-refractivity contribution in [3.63, 3.8) is 0 Å². The number of benzene rings is 1. The Bertz CT molecular complexity index is 967. The minimum atomic E-state index is -0.616. The highest BCUT2D eigenvalue weighted by Gasteiger charge is 2.38. The summed E-state index contributed by atoms with van der Waals surface area (Å²) in [5.41, 5.74) is 1.66. The first-order valence-electron chi connectivity index (χ1n) is 8.64. The Morgan fingerprint density at radius 1 is 1.14 bits per heavy atom. The highest BCUT2D eigenvalue weighted by molar-refractivity contribution is 6.23. The molecule has 0 N–H and O–H groups in total. The maximum Gasteiger partial charge on any atom is 0.340 e.